The molecule has 0 radical (unpaired) electrons. The van der Waals surface area contributed by atoms with Gasteiger partial charge in [-0.3, -0.25) is 0 Å². The lowest BCUT2D eigenvalue weighted by Gasteiger charge is -2.39. The Morgan fingerprint density at radius 2 is 1.65 bits per heavy atom. The van der Waals surface area contributed by atoms with Crippen molar-refractivity contribution >= 4 is 28.7 Å². The van der Waals surface area contributed by atoms with Crippen LogP contribution in [-0.2, 0) is 6.42 Å². The summed E-state index contributed by atoms with van der Waals surface area (Å²) in [5.41, 5.74) is 0.767. The second-order valence-corrected chi connectivity index (χ2v) is 8.25. The summed E-state index contributed by atoms with van der Waals surface area (Å²) in [6, 6.07) is 8.41. The minimum absolute atomic E-state index is 0.0988. The van der Waals surface area contributed by atoms with Gasteiger partial charge in [0, 0.05) is 15.7 Å². The number of nitrogens with zero attached hydrogens (tertiary/aromatic N) is 1. The average molecular weight is 389 g/mol. The summed E-state index contributed by atoms with van der Waals surface area (Å²) in [5.74, 6) is 0. The third-order valence-corrected chi connectivity index (χ3v) is 3.94. The van der Waals surface area contributed by atoms with E-state index in [4.69, 9.17) is 0 Å². The van der Waals surface area contributed by atoms with Crippen LogP contribution in [0.25, 0.3) is 0 Å². The van der Waals surface area contributed by atoms with Crippen molar-refractivity contribution in [2.75, 3.05) is 6.54 Å². The molecular formula is C16H24INO2. The van der Waals surface area contributed by atoms with Gasteiger partial charge in [0.1, 0.15) is 0 Å². The largest absolute Gasteiger partial charge is 0.465 e. The summed E-state index contributed by atoms with van der Waals surface area (Å²) in [6.45, 7) is 10.6. The number of carbonyl (C=O) groups is 1. The predicted molar refractivity (Wildman–Crippen MR) is 91.1 cm³/mol. The van der Waals surface area contributed by atoms with E-state index in [1.54, 1.807) is 0 Å². The molecule has 0 aliphatic carbocycles. The Bertz CT molecular complexity index is 460. The zero-order chi connectivity index (χ0) is 15.6. The number of rotatable bonds is 4. The zero-order valence-electron chi connectivity index (χ0n) is 12.9. The summed E-state index contributed by atoms with van der Waals surface area (Å²) in [5, 5.41) is 9.40. The van der Waals surface area contributed by atoms with Crippen molar-refractivity contribution in [2.24, 2.45) is 5.41 Å². The van der Waals surface area contributed by atoms with Gasteiger partial charge in [-0.25, -0.2) is 4.79 Å². The van der Waals surface area contributed by atoms with E-state index in [2.05, 4.69) is 60.7 Å². The highest BCUT2D eigenvalue weighted by Crippen LogP contribution is 2.27. The van der Waals surface area contributed by atoms with Crippen LogP contribution in [0.3, 0.4) is 0 Å². The second-order valence-electron chi connectivity index (χ2n) is 7.01. The van der Waals surface area contributed by atoms with Gasteiger partial charge in [-0.2, -0.15) is 0 Å². The van der Waals surface area contributed by atoms with E-state index in [0.29, 0.717) is 6.54 Å². The summed E-state index contributed by atoms with van der Waals surface area (Å²) >= 11 is 2.29. The lowest BCUT2D eigenvalue weighted by molar-refractivity contribution is 0.0726. The molecule has 0 bridgehead atoms. The van der Waals surface area contributed by atoms with Crippen molar-refractivity contribution in [1.29, 1.82) is 0 Å². The van der Waals surface area contributed by atoms with Gasteiger partial charge in [0.25, 0.3) is 0 Å². The van der Waals surface area contributed by atoms with Crippen LogP contribution < -0.4 is 0 Å². The van der Waals surface area contributed by atoms with Crippen LogP contribution in [0.2, 0.25) is 0 Å². The fraction of sp³-hybridized carbons (Fsp3) is 0.562. The van der Waals surface area contributed by atoms with Gasteiger partial charge in [-0.1, -0.05) is 26.0 Å². The third-order valence-electron chi connectivity index (χ3n) is 3.22. The van der Waals surface area contributed by atoms with Gasteiger partial charge < -0.3 is 10.0 Å². The smallest absolute Gasteiger partial charge is 0.407 e. The monoisotopic (exact) mass is 389 g/mol. The van der Waals surface area contributed by atoms with Crippen LogP contribution >= 0.6 is 22.6 Å². The van der Waals surface area contributed by atoms with Crippen molar-refractivity contribution in [2.45, 2.75) is 46.6 Å². The first kappa shape index (κ1) is 17.3. The summed E-state index contributed by atoms with van der Waals surface area (Å²) in [4.78, 5) is 13.0. The number of amides is 1. The van der Waals surface area contributed by atoms with Gasteiger partial charge in [0.2, 0.25) is 0 Å². The van der Waals surface area contributed by atoms with Crippen molar-refractivity contribution in [3.05, 3.63) is 33.4 Å². The van der Waals surface area contributed by atoms with Crippen LogP contribution in [0, 0.1) is 8.99 Å². The molecule has 0 fully saturated rings. The van der Waals surface area contributed by atoms with Gasteiger partial charge in [0.15, 0.2) is 0 Å². The van der Waals surface area contributed by atoms with Gasteiger partial charge in [-0.05, 0) is 72.9 Å². The first-order chi connectivity index (χ1) is 9.01. The number of benzene rings is 1. The fourth-order valence-electron chi connectivity index (χ4n) is 2.23. The Morgan fingerprint density at radius 3 is 2.05 bits per heavy atom. The molecule has 112 valence electrons. The topological polar surface area (TPSA) is 40.5 Å². The van der Waals surface area contributed by atoms with Crippen molar-refractivity contribution < 1.29 is 9.90 Å². The highest BCUT2D eigenvalue weighted by Gasteiger charge is 2.32. The molecule has 0 saturated carbocycles. The molecule has 3 nitrogen and oxygen atoms in total. The fourth-order valence-corrected chi connectivity index (χ4v) is 2.59. The van der Waals surface area contributed by atoms with E-state index in [9.17, 15) is 9.90 Å². The molecule has 1 N–H and O–H groups in total. The Morgan fingerprint density at radius 1 is 1.15 bits per heavy atom. The quantitative estimate of drug-likeness (QED) is 0.763. The van der Waals surface area contributed by atoms with E-state index in [1.807, 2.05) is 20.8 Å². The van der Waals surface area contributed by atoms with E-state index in [-0.39, 0.29) is 11.0 Å². The number of hydrogen-bond donors (Lipinski definition) is 1. The molecule has 1 aromatic carbocycles. The second kappa shape index (κ2) is 6.33. The molecule has 0 heterocycles. The third kappa shape index (κ3) is 5.31. The molecular weight excluding hydrogens is 365 g/mol. The molecule has 4 heteroatoms. The minimum Gasteiger partial charge on any atom is -0.465 e. The van der Waals surface area contributed by atoms with E-state index in [0.717, 1.165) is 6.42 Å². The average Bonchev–Trinajstić information content (AvgIpc) is 2.27. The molecule has 0 atom stereocenters. The Hall–Kier alpha value is -0.780. The van der Waals surface area contributed by atoms with Crippen LogP contribution in [0.1, 0.15) is 40.2 Å². The first-order valence-corrected chi connectivity index (χ1v) is 7.84. The van der Waals surface area contributed by atoms with Crippen LogP contribution in [0.5, 0.6) is 0 Å². The zero-order valence-corrected chi connectivity index (χ0v) is 15.1. The highest BCUT2D eigenvalue weighted by atomic mass is 127. The maximum absolute atomic E-state index is 11.4. The lowest BCUT2D eigenvalue weighted by atomic mass is 9.84. The van der Waals surface area contributed by atoms with Crippen molar-refractivity contribution in [1.82, 2.24) is 4.90 Å². The lowest BCUT2D eigenvalue weighted by Crippen LogP contribution is -2.49. The molecule has 0 aromatic heterocycles. The van der Waals surface area contributed by atoms with Crippen molar-refractivity contribution in [3.8, 4) is 0 Å². The molecule has 20 heavy (non-hydrogen) atoms. The predicted octanol–water partition coefficient (Wildman–Crippen LogP) is 4.64. The Labute approximate surface area is 135 Å². The summed E-state index contributed by atoms with van der Waals surface area (Å²) in [7, 11) is 0. The molecule has 0 spiro atoms. The first-order valence-electron chi connectivity index (χ1n) is 6.76. The molecule has 1 amide bonds. The van der Waals surface area contributed by atoms with Crippen molar-refractivity contribution in [3.63, 3.8) is 0 Å². The maximum atomic E-state index is 11.4. The number of hydrogen-bond acceptors (Lipinski definition) is 1. The highest BCUT2D eigenvalue weighted by molar-refractivity contribution is 14.1. The van der Waals surface area contributed by atoms with Gasteiger partial charge in [-0.15, -0.1) is 0 Å². The molecule has 0 unspecified atom stereocenters. The number of carboxylic acid groups (broad SMARTS) is 1. The Kier molecular flexibility index (Phi) is 5.46. The van der Waals surface area contributed by atoms with E-state index >= 15 is 0 Å². The molecule has 0 aliphatic rings. The Balaban J connectivity index is 2.82. The normalized spacial score (nSPS) is 12.3. The molecule has 0 aliphatic heterocycles. The van der Waals surface area contributed by atoms with Gasteiger partial charge >= 0.3 is 6.09 Å². The van der Waals surface area contributed by atoms with Crippen LogP contribution in [0.4, 0.5) is 4.79 Å². The number of halogens is 1. The SMILES string of the molecule is CC(C)(Cc1ccc(I)cc1)CN(C(=O)O)C(C)(C)C. The molecule has 1 rings (SSSR count). The van der Waals surface area contributed by atoms with Crippen LogP contribution in [-0.4, -0.2) is 28.2 Å². The van der Waals surface area contributed by atoms with E-state index in [1.165, 1.54) is 14.0 Å². The molecule has 1 aromatic rings. The standard InChI is InChI=1S/C16H24INO2/c1-15(2,3)18(14(19)20)11-16(4,5)10-12-6-8-13(17)9-7-12/h6-9H,10-11H2,1-5H3,(H,19,20). The maximum Gasteiger partial charge on any atom is 0.407 e. The summed E-state index contributed by atoms with van der Waals surface area (Å²) < 4.78 is 1.21. The van der Waals surface area contributed by atoms with Crippen LogP contribution in [0.15, 0.2) is 24.3 Å². The van der Waals surface area contributed by atoms with Gasteiger partial charge in [0.05, 0.1) is 0 Å². The minimum atomic E-state index is -0.854. The molecule has 0 saturated heterocycles. The summed E-state index contributed by atoms with van der Waals surface area (Å²) in [6.07, 6.45) is 0.0113. The van der Waals surface area contributed by atoms with E-state index < -0.39 is 6.09 Å².